The van der Waals surface area contributed by atoms with Gasteiger partial charge in [-0.1, -0.05) is 24.3 Å². The fraction of sp³-hybridized carbons (Fsp3) is 0.588. The summed E-state index contributed by atoms with van der Waals surface area (Å²) in [4.78, 5) is 17.2. The lowest BCUT2D eigenvalue weighted by Crippen LogP contribution is -2.49. The van der Waals surface area contributed by atoms with Crippen molar-refractivity contribution in [2.24, 2.45) is 0 Å². The van der Waals surface area contributed by atoms with Crippen LogP contribution in [-0.2, 0) is 11.2 Å². The van der Waals surface area contributed by atoms with Gasteiger partial charge in [0, 0.05) is 25.7 Å². The van der Waals surface area contributed by atoms with Gasteiger partial charge in [-0.25, -0.2) is 0 Å². The molecule has 0 spiro atoms. The number of amides is 1. The molecular weight excluding hydrogens is 262 g/mol. The lowest BCUT2D eigenvalue weighted by molar-refractivity contribution is -0.135. The SMILES string of the molecule is CN(C)C1CCN(C(=O)C2NCCc3ccccc32)CC1. The summed E-state index contributed by atoms with van der Waals surface area (Å²) in [5.74, 6) is 0.249. The standard InChI is InChI=1S/C17H25N3O/c1-19(2)14-8-11-20(12-9-14)17(21)16-15-6-4-3-5-13(15)7-10-18-16/h3-6,14,16,18H,7-12H2,1-2H3. The van der Waals surface area contributed by atoms with Crippen LogP contribution in [0.15, 0.2) is 24.3 Å². The summed E-state index contributed by atoms with van der Waals surface area (Å²) in [5.41, 5.74) is 2.49. The van der Waals surface area contributed by atoms with Gasteiger partial charge in [0.1, 0.15) is 6.04 Å². The highest BCUT2D eigenvalue weighted by atomic mass is 16.2. The first-order chi connectivity index (χ1) is 10.2. The molecule has 2 aliphatic heterocycles. The van der Waals surface area contributed by atoms with Crippen molar-refractivity contribution < 1.29 is 4.79 Å². The highest BCUT2D eigenvalue weighted by Gasteiger charge is 2.31. The molecule has 114 valence electrons. The Bertz CT molecular complexity index is 507. The number of piperidine rings is 1. The van der Waals surface area contributed by atoms with E-state index in [-0.39, 0.29) is 11.9 Å². The molecular formula is C17H25N3O. The van der Waals surface area contributed by atoms with Crippen LogP contribution in [0.1, 0.15) is 30.0 Å². The normalized spacial score (nSPS) is 23.2. The van der Waals surface area contributed by atoms with Crippen LogP contribution in [0.4, 0.5) is 0 Å². The van der Waals surface area contributed by atoms with Crippen molar-refractivity contribution in [2.45, 2.75) is 31.3 Å². The van der Waals surface area contributed by atoms with E-state index in [9.17, 15) is 4.79 Å². The number of hydrogen-bond acceptors (Lipinski definition) is 3. The van der Waals surface area contributed by atoms with Gasteiger partial charge >= 0.3 is 0 Å². The van der Waals surface area contributed by atoms with E-state index in [1.165, 1.54) is 11.1 Å². The van der Waals surface area contributed by atoms with E-state index in [1.54, 1.807) is 0 Å². The van der Waals surface area contributed by atoms with E-state index < -0.39 is 0 Å². The molecule has 1 fully saturated rings. The van der Waals surface area contributed by atoms with Crippen molar-refractivity contribution in [1.29, 1.82) is 0 Å². The number of fused-ring (bicyclic) bond motifs is 1. The molecule has 0 aromatic heterocycles. The van der Waals surface area contributed by atoms with Crippen LogP contribution in [-0.4, -0.2) is 55.5 Å². The summed E-state index contributed by atoms with van der Waals surface area (Å²) >= 11 is 0. The van der Waals surface area contributed by atoms with Gasteiger partial charge in [0.05, 0.1) is 0 Å². The zero-order valence-corrected chi connectivity index (χ0v) is 13.0. The van der Waals surface area contributed by atoms with Gasteiger partial charge in [-0.05, 0) is 44.5 Å². The maximum absolute atomic E-state index is 12.8. The molecule has 1 aromatic rings. The molecule has 4 nitrogen and oxygen atoms in total. The first-order valence-corrected chi connectivity index (χ1v) is 7.93. The third-order valence-electron chi connectivity index (χ3n) is 4.86. The molecule has 0 aliphatic carbocycles. The zero-order valence-electron chi connectivity index (χ0n) is 13.0. The maximum Gasteiger partial charge on any atom is 0.244 e. The first kappa shape index (κ1) is 14.5. The van der Waals surface area contributed by atoms with Gasteiger partial charge in [0.25, 0.3) is 0 Å². The number of rotatable bonds is 2. The Morgan fingerprint density at radius 3 is 2.67 bits per heavy atom. The number of hydrogen-bond donors (Lipinski definition) is 1. The fourth-order valence-corrected chi connectivity index (χ4v) is 3.51. The molecule has 1 unspecified atom stereocenters. The first-order valence-electron chi connectivity index (χ1n) is 7.93. The highest BCUT2D eigenvalue weighted by molar-refractivity contribution is 5.84. The average molecular weight is 287 g/mol. The predicted octanol–water partition coefficient (Wildman–Crippen LogP) is 1.43. The molecule has 21 heavy (non-hydrogen) atoms. The smallest absolute Gasteiger partial charge is 0.244 e. The molecule has 1 aromatic carbocycles. The van der Waals surface area contributed by atoms with Crippen LogP contribution in [0.3, 0.4) is 0 Å². The molecule has 2 heterocycles. The second-order valence-electron chi connectivity index (χ2n) is 6.36. The molecule has 1 N–H and O–H groups in total. The van der Waals surface area contributed by atoms with Gasteiger partial charge in [-0.2, -0.15) is 0 Å². The van der Waals surface area contributed by atoms with Gasteiger partial charge in [-0.3, -0.25) is 4.79 Å². The number of carbonyl (C=O) groups is 1. The summed E-state index contributed by atoms with van der Waals surface area (Å²) < 4.78 is 0. The molecule has 4 heteroatoms. The van der Waals surface area contributed by atoms with E-state index in [1.807, 2.05) is 11.0 Å². The van der Waals surface area contributed by atoms with E-state index >= 15 is 0 Å². The fourth-order valence-electron chi connectivity index (χ4n) is 3.51. The monoisotopic (exact) mass is 287 g/mol. The molecule has 0 saturated carbocycles. The summed E-state index contributed by atoms with van der Waals surface area (Å²) in [5, 5.41) is 3.40. The van der Waals surface area contributed by atoms with Crippen LogP contribution in [0.2, 0.25) is 0 Å². The van der Waals surface area contributed by atoms with Gasteiger partial charge in [0.15, 0.2) is 0 Å². The zero-order chi connectivity index (χ0) is 14.8. The van der Waals surface area contributed by atoms with E-state index in [2.05, 4.69) is 42.5 Å². The summed E-state index contributed by atoms with van der Waals surface area (Å²) in [7, 11) is 4.25. The van der Waals surface area contributed by atoms with E-state index in [4.69, 9.17) is 0 Å². The third kappa shape index (κ3) is 2.97. The Hall–Kier alpha value is -1.39. The largest absolute Gasteiger partial charge is 0.341 e. The summed E-state index contributed by atoms with van der Waals surface area (Å²) in [6.45, 7) is 2.64. The molecule has 1 saturated heterocycles. The number of likely N-dealkylation sites (tertiary alicyclic amines) is 1. The van der Waals surface area contributed by atoms with Crippen LogP contribution >= 0.6 is 0 Å². The Morgan fingerprint density at radius 2 is 1.95 bits per heavy atom. The average Bonchev–Trinajstić information content (AvgIpc) is 2.53. The Morgan fingerprint density at radius 1 is 1.24 bits per heavy atom. The number of nitrogens with one attached hydrogen (secondary N) is 1. The second kappa shape index (κ2) is 6.16. The van der Waals surface area contributed by atoms with Crippen molar-refractivity contribution in [2.75, 3.05) is 33.7 Å². The lowest BCUT2D eigenvalue weighted by Gasteiger charge is -2.38. The topological polar surface area (TPSA) is 35.6 Å². The van der Waals surface area contributed by atoms with Crippen molar-refractivity contribution >= 4 is 5.91 Å². The van der Waals surface area contributed by atoms with Crippen molar-refractivity contribution in [1.82, 2.24) is 15.1 Å². The van der Waals surface area contributed by atoms with Crippen LogP contribution in [0, 0.1) is 0 Å². The minimum absolute atomic E-state index is 0.147. The Kier molecular flexibility index (Phi) is 4.27. The number of carbonyl (C=O) groups excluding carboxylic acids is 1. The van der Waals surface area contributed by atoms with Crippen molar-refractivity contribution in [3.63, 3.8) is 0 Å². The molecule has 0 bridgehead atoms. The second-order valence-corrected chi connectivity index (χ2v) is 6.36. The van der Waals surface area contributed by atoms with Crippen molar-refractivity contribution in [3.8, 4) is 0 Å². The maximum atomic E-state index is 12.8. The minimum atomic E-state index is -0.147. The number of benzene rings is 1. The van der Waals surface area contributed by atoms with Crippen LogP contribution < -0.4 is 5.32 Å². The van der Waals surface area contributed by atoms with Gasteiger partial charge in [-0.15, -0.1) is 0 Å². The highest BCUT2D eigenvalue weighted by Crippen LogP contribution is 2.26. The molecule has 1 amide bonds. The molecule has 3 rings (SSSR count). The van der Waals surface area contributed by atoms with Crippen molar-refractivity contribution in [3.05, 3.63) is 35.4 Å². The van der Waals surface area contributed by atoms with E-state index in [0.29, 0.717) is 6.04 Å². The number of nitrogens with zero attached hydrogens (tertiary/aromatic N) is 2. The molecule has 2 aliphatic rings. The quantitative estimate of drug-likeness (QED) is 0.894. The van der Waals surface area contributed by atoms with E-state index in [0.717, 1.165) is 38.9 Å². The summed E-state index contributed by atoms with van der Waals surface area (Å²) in [6.07, 6.45) is 3.17. The lowest BCUT2D eigenvalue weighted by atomic mass is 9.93. The summed E-state index contributed by atoms with van der Waals surface area (Å²) in [6, 6.07) is 8.80. The Balaban J connectivity index is 1.70. The van der Waals surface area contributed by atoms with Crippen LogP contribution in [0.25, 0.3) is 0 Å². The minimum Gasteiger partial charge on any atom is -0.341 e. The molecule has 0 radical (unpaired) electrons. The Labute approximate surface area is 127 Å². The predicted molar refractivity (Wildman–Crippen MR) is 84.2 cm³/mol. The van der Waals surface area contributed by atoms with Gasteiger partial charge < -0.3 is 15.1 Å². The van der Waals surface area contributed by atoms with Crippen LogP contribution in [0.5, 0.6) is 0 Å². The van der Waals surface area contributed by atoms with Gasteiger partial charge in [0.2, 0.25) is 5.91 Å². The third-order valence-corrected chi connectivity index (χ3v) is 4.86. The molecule has 1 atom stereocenters.